The number of rotatable bonds is 2. The van der Waals surface area contributed by atoms with Gasteiger partial charge in [0.05, 0.1) is 6.54 Å². The molecular formula is C13H12BrN3. The van der Waals surface area contributed by atoms with Crippen LogP contribution in [0.25, 0.3) is 11.3 Å². The fourth-order valence-electron chi connectivity index (χ4n) is 1.72. The quantitative estimate of drug-likeness (QED) is 0.864. The first-order valence-electron chi connectivity index (χ1n) is 5.15. The van der Waals surface area contributed by atoms with E-state index in [-0.39, 0.29) is 0 Å². The van der Waals surface area contributed by atoms with Crippen LogP contribution in [0, 0.1) is 19.3 Å². The average molecular weight is 290 g/mol. The molecule has 0 spiro atoms. The lowest BCUT2D eigenvalue weighted by Gasteiger charge is -2.03. The summed E-state index contributed by atoms with van der Waals surface area (Å²) in [5.41, 5.74) is 7.82. The number of hydrogen-bond donors (Lipinski definition) is 1. The van der Waals surface area contributed by atoms with Crippen molar-refractivity contribution in [3.8, 4) is 23.6 Å². The largest absolute Gasteiger partial charge is 0.383 e. The number of benzene rings is 1. The molecule has 0 saturated carbocycles. The number of aryl methyl sites for hydroxylation is 1. The van der Waals surface area contributed by atoms with Crippen molar-refractivity contribution in [2.45, 2.75) is 13.5 Å². The van der Waals surface area contributed by atoms with E-state index in [0.717, 1.165) is 21.6 Å². The highest BCUT2D eigenvalue weighted by Gasteiger charge is 2.12. The van der Waals surface area contributed by atoms with Crippen LogP contribution in [0.3, 0.4) is 0 Å². The lowest BCUT2D eigenvalue weighted by atomic mass is 10.1. The van der Waals surface area contributed by atoms with Gasteiger partial charge in [-0.1, -0.05) is 34.0 Å². The van der Waals surface area contributed by atoms with Crippen LogP contribution in [0.15, 0.2) is 28.7 Å². The molecule has 0 unspecified atom stereocenters. The van der Waals surface area contributed by atoms with Crippen molar-refractivity contribution in [3.63, 3.8) is 0 Å². The number of halogens is 1. The summed E-state index contributed by atoms with van der Waals surface area (Å²) in [6.45, 7) is 2.34. The van der Waals surface area contributed by atoms with Gasteiger partial charge in [0.25, 0.3) is 0 Å². The summed E-state index contributed by atoms with van der Waals surface area (Å²) in [4.78, 5) is 4.46. The number of terminal acetylenes is 1. The first-order valence-corrected chi connectivity index (χ1v) is 5.94. The molecule has 1 aromatic carbocycles. The molecule has 0 radical (unpaired) electrons. The van der Waals surface area contributed by atoms with Crippen LogP contribution in [0.5, 0.6) is 0 Å². The maximum atomic E-state index is 6.06. The molecule has 86 valence electrons. The highest BCUT2D eigenvalue weighted by Crippen LogP contribution is 2.27. The zero-order chi connectivity index (χ0) is 12.4. The van der Waals surface area contributed by atoms with Gasteiger partial charge in [-0.15, -0.1) is 6.42 Å². The van der Waals surface area contributed by atoms with Crippen LogP contribution in [-0.4, -0.2) is 9.55 Å². The first-order chi connectivity index (χ1) is 8.13. The smallest absolute Gasteiger partial charge is 0.132 e. The molecular weight excluding hydrogens is 278 g/mol. The maximum absolute atomic E-state index is 6.06. The zero-order valence-electron chi connectivity index (χ0n) is 9.44. The number of nitrogen functional groups attached to an aromatic ring is 1. The van der Waals surface area contributed by atoms with Crippen LogP contribution in [0.2, 0.25) is 0 Å². The molecule has 2 aromatic rings. The highest BCUT2D eigenvalue weighted by atomic mass is 79.9. The van der Waals surface area contributed by atoms with Gasteiger partial charge in [0.2, 0.25) is 0 Å². The van der Waals surface area contributed by atoms with Gasteiger partial charge in [0, 0.05) is 10.0 Å². The molecule has 0 aliphatic rings. The Labute approximate surface area is 109 Å². The number of aromatic nitrogens is 2. The van der Waals surface area contributed by atoms with E-state index in [0.29, 0.717) is 12.4 Å². The van der Waals surface area contributed by atoms with Gasteiger partial charge < -0.3 is 10.3 Å². The molecule has 0 aliphatic carbocycles. The number of hydrogen-bond acceptors (Lipinski definition) is 2. The Balaban J connectivity index is 2.54. The van der Waals surface area contributed by atoms with E-state index in [1.165, 1.54) is 0 Å². The monoisotopic (exact) mass is 289 g/mol. The maximum Gasteiger partial charge on any atom is 0.132 e. The Morgan fingerprint density at radius 1 is 1.53 bits per heavy atom. The molecule has 0 saturated heterocycles. The van der Waals surface area contributed by atoms with Gasteiger partial charge >= 0.3 is 0 Å². The second-order valence-electron chi connectivity index (χ2n) is 3.69. The van der Waals surface area contributed by atoms with Crippen molar-refractivity contribution in [3.05, 3.63) is 34.6 Å². The molecule has 17 heavy (non-hydrogen) atoms. The summed E-state index contributed by atoms with van der Waals surface area (Å²) in [5.74, 6) is 4.01. The normalized spacial score (nSPS) is 10.2. The van der Waals surface area contributed by atoms with E-state index < -0.39 is 0 Å². The topological polar surface area (TPSA) is 43.8 Å². The molecule has 0 amide bonds. The fraction of sp³-hybridized carbons (Fsp3) is 0.154. The van der Waals surface area contributed by atoms with Gasteiger partial charge in [-0.2, -0.15) is 0 Å². The van der Waals surface area contributed by atoms with E-state index in [1.54, 1.807) is 0 Å². The molecule has 0 bridgehead atoms. The van der Waals surface area contributed by atoms with Crippen LogP contribution in [0.4, 0.5) is 5.82 Å². The molecule has 1 heterocycles. The van der Waals surface area contributed by atoms with Crippen LogP contribution >= 0.6 is 15.9 Å². The van der Waals surface area contributed by atoms with Gasteiger partial charge in [0.15, 0.2) is 0 Å². The minimum absolute atomic E-state index is 0.443. The van der Waals surface area contributed by atoms with E-state index in [9.17, 15) is 0 Å². The summed E-state index contributed by atoms with van der Waals surface area (Å²) in [5, 5.41) is 0. The van der Waals surface area contributed by atoms with Gasteiger partial charge in [-0.05, 0) is 19.1 Å². The third-order valence-electron chi connectivity index (χ3n) is 2.55. The molecule has 3 nitrogen and oxygen atoms in total. The van der Waals surface area contributed by atoms with Crippen LogP contribution in [-0.2, 0) is 6.54 Å². The predicted molar refractivity (Wildman–Crippen MR) is 73.3 cm³/mol. The Hall–Kier alpha value is -1.73. The van der Waals surface area contributed by atoms with Crippen molar-refractivity contribution in [1.29, 1.82) is 0 Å². The predicted octanol–water partition coefficient (Wildman–Crippen LogP) is 2.84. The summed E-state index contributed by atoms with van der Waals surface area (Å²) in [6.07, 6.45) is 5.31. The van der Waals surface area contributed by atoms with Crippen molar-refractivity contribution < 1.29 is 0 Å². The van der Waals surface area contributed by atoms with Crippen molar-refractivity contribution in [1.82, 2.24) is 9.55 Å². The second kappa shape index (κ2) is 4.64. The second-order valence-corrected chi connectivity index (χ2v) is 4.61. The molecule has 2 N–H and O–H groups in total. The van der Waals surface area contributed by atoms with E-state index >= 15 is 0 Å². The molecule has 0 aliphatic heterocycles. The number of nitrogens with two attached hydrogens (primary N) is 1. The fourth-order valence-corrected chi connectivity index (χ4v) is 2.12. The van der Waals surface area contributed by atoms with Crippen molar-refractivity contribution in [2.24, 2.45) is 0 Å². The Morgan fingerprint density at radius 3 is 2.94 bits per heavy atom. The molecule has 0 fully saturated rings. The first kappa shape index (κ1) is 11.7. The Morgan fingerprint density at radius 2 is 2.29 bits per heavy atom. The minimum atomic E-state index is 0.443. The lowest BCUT2D eigenvalue weighted by Crippen LogP contribution is -2.03. The average Bonchev–Trinajstić information content (AvgIpc) is 2.57. The summed E-state index contributed by atoms with van der Waals surface area (Å²) >= 11 is 3.43. The van der Waals surface area contributed by atoms with Gasteiger partial charge in [-0.3, -0.25) is 0 Å². The van der Waals surface area contributed by atoms with Gasteiger partial charge in [0.1, 0.15) is 17.3 Å². The molecule has 0 atom stereocenters. The SMILES string of the molecule is C#CCn1c(C)nc(-c2cccc(Br)c2)c1N. The van der Waals surface area contributed by atoms with Crippen molar-refractivity contribution in [2.75, 3.05) is 5.73 Å². The number of anilines is 1. The third-order valence-corrected chi connectivity index (χ3v) is 3.04. The number of imidazole rings is 1. The van der Waals surface area contributed by atoms with Crippen LogP contribution < -0.4 is 5.73 Å². The Kier molecular flexibility index (Phi) is 3.21. The van der Waals surface area contributed by atoms with Gasteiger partial charge in [-0.25, -0.2) is 4.98 Å². The summed E-state index contributed by atoms with van der Waals surface area (Å²) in [6, 6.07) is 7.88. The zero-order valence-corrected chi connectivity index (χ0v) is 11.0. The highest BCUT2D eigenvalue weighted by molar-refractivity contribution is 9.10. The van der Waals surface area contributed by atoms with E-state index in [4.69, 9.17) is 12.2 Å². The summed E-state index contributed by atoms with van der Waals surface area (Å²) < 4.78 is 2.83. The molecule has 2 rings (SSSR count). The standard InChI is InChI=1S/C13H12BrN3/c1-3-7-17-9(2)16-12(13(17)15)10-5-4-6-11(14)8-10/h1,4-6,8H,7,15H2,2H3. The molecule has 4 heteroatoms. The van der Waals surface area contributed by atoms with Crippen molar-refractivity contribution >= 4 is 21.7 Å². The third kappa shape index (κ3) is 2.20. The molecule has 1 aromatic heterocycles. The van der Waals surface area contributed by atoms with E-state index in [1.807, 2.05) is 35.8 Å². The Bertz CT molecular complexity index is 593. The minimum Gasteiger partial charge on any atom is -0.383 e. The number of nitrogens with zero attached hydrogens (tertiary/aromatic N) is 2. The lowest BCUT2D eigenvalue weighted by molar-refractivity contribution is 0.807. The van der Waals surface area contributed by atoms with Crippen LogP contribution in [0.1, 0.15) is 5.82 Å². The summed E-state index contributed by atoms with van der Waals surface area (Å²) in [7, 11) is 0. The van der Waals surface area contributed by atoms with E-state index in [2.05, 4.69) is 26.8 Å².